The van der Waals surface area contributed by atoms with Crippen molar-refractivity contribution in [2.75, 3.05) is 30.5 Å². The maximum absolute atomic E-state index is 14.4. The molecule has 1 heterocycles. The van der Waals surface area contributed by atoms with Crippen molar-refractivity contribution in [3.8, 4) is 0 Å². The Morgan fingerprint density at radius 2 is 1.44 bits per heavy atom. The number of nitrogens with zero attached hydrogens (tertiary/aromatic N) is 2. The van der Waals surface area contributed by atoms with E-state index in [2.05, 4.69) is 16.0 Å². The van der Waals surface area contributed by atoms with Crippen LogP contribution in [-0.2, 0) is 20.9 Å². The third-order valence-electron chi connectivity index (χ3n) is 10.3. The normalized spacial score (nSPS) is 16.1. The van der Waals surface area contributed by atoms with E-state index in [4.69, 9.17) is 21.1 Å². The van der Waals surface area contributed by atoms with Crippen molar-refractivity contribution in [1.82, 2.24) is 15.1 Å². The Morgan fingerprint density at radius 1 is 0.842 bits per heavy atom. The Morgan fingerprint density at radius 3 is 1.98 bits per heavy atom. The molecule has 0 unspecified atom stereocenters. The van der Waals surface area contributed by atoms with Crippen LogP contribution in [-0.4, -0.2) is 97.0 Å². The zero-order chi connectivity index (χ0) is 41.8. The summed E-state index contributed by atoms with van der Waals surface area (Å²) >= 11 is 0. The second-order valence-corrected chi connectivity index (χ2v) is 15.3. The Kier molecular flexibility index (Phi) is 15.7. The van der Waals surface area contributed by atoms with Crippen molar-refractivity contribution < 1.29 is 44.4 Å². The summed E-state index contributed by atoms with van der Waals surface area (Å²) in [5, 5.41) is 43.2. The molecule has 308 valence electrons. The summed E-state index contributed by atoms with van der Waals surface area (Å²) in [6.45, 7) is 4.69. The van der Waals surface area contributed by atoms with Crippen LogP contribution in [0.15, 0.2) is 78.9 Å². The molecule has 9 N–H and O–H groups in total. The molecule has 1 saturated carbocycles. The summed E-state index contributed by atoms with van der Waals surface area (Å²) < 4.78 is 0. The second kappa shape index (κ2) is 20.2. The first-order valence-corrected chi connectivity index (χ1v) is 19.2. The van der Waals surface area contributed by atoms with Gasteiger partial charge in [0.25, 0.3) is 5.91 Å². The van der Waals surface area contributed by atoms with Gasteiger partial charge in [-0.1, -0.05) is 93.8 Å². The van der Waals surface area contributed by atoms with Gasteiger partial charge < -0.3 is 47.0 Å². The highest BCUT2D eigenvalue weighted by Gasteiger charge is 2.59. The number of aryl methyl sites for hydroxylation is 1. The number of aliphatic carboxylic acids is 1. The van der Waals surface area contributed by atoms with E-state index in [0.717, 1.165) is 35.3 Å². The summed E-state index contributed by atoms with van der Waals surface area (Å²) in [7, 11) is 0. The van der Waals surface area contributed by atoms with Gasteiger partial charge in [0, 0.05) is 17.9 Å². The summed E-state index contributed by atoms with van der Waals surface area (Å²) in [5.41, 5.74) is 6.47. The quantitative estimate of drug-likeness (QED) is 0.100. The average molecular weight is 789 g/mol. The van der Waals surface area contributed by atoms with Gasteiger partial charge in [-0.05, 0) is 67.0 Å². The first-order valence-electron chi connectivity index (χ1n) is 19.2. The van der Waals surface area contributed by atoms with Crippen molar-refractivity contribution in [1.29, 1.82) is 0 Å². The molecule has 15 nitrogen and oxygen atoms in total. The molecule has 5 rings (SSSR count). The number of nitrogens with one attached hydrogen (secondary N) is 3. The molecule has 0 radical (unpaired) electrons. The number of carboxylic acid groups (broad SMARTS) is 1. The first kappa shape index (κ1) is 44.4. The molecule has 1 spiro atoms. The lowest BCUT2D eigenvalue weighted by atomic mass is 9.80. The minimum absolute atomic E-state index is 0.0367. The van der Waals surface area contributed by atoms with Crippen LogP contribution in [0.3, 0.4) is 0 Å². The maximum Gasteiger partial charge on any atom is 0.328 e. The lowest BCUT2D eigenvalue weighted by Gasteiger charge is -2.38. The minimum atomic E-state index is -1.21. The van der Waals surface area contributed by atoms with Crippen molar-refractivity contribution in [2.24, 2.45) is 11.7 Å². The largest absolute Gasteiger partial charge is 0.481 e. The van der Waals surface area contributed by atoms with E-state index in [0.29, 0.717) is 29.8 Å². The Labute approximate surface area is 333 Å². The number of amides is 6. The molecule has 6 amide bonds. The van der Waals surface area contributed by atoms with Crippen molar-refractivity contribution in [3.63, 3.8) is 0 Å². The Bertz CT molecular complexity index is 1820. The van der Waals surface area contributed by atoms with E-state index in [1.165, 1.54) is 0 Å². The zero-order valence-corrected chi connectivity index (χ0v) is 32.8. The minimum Gasteiger partial charge on any atom is -0.481 e. The second-order valence-electron chi connectivity index (χ2n) is 15.3. The molecule has 0 bridgehead atoms. The van der Waals surface area contributed by atoms with Gasteiger partial charge in [0.05, 0.1) is 37.8 Å². The van der Waals surface area contributed by atoms with Gasteiger partial charge in [-0.3, -0.25) is 14.4 Å². The Balaban J connectivity index is 0.000000812. The zero-order valence-electron chi connectivity index (χ0n) is 32.8. The number of aliphatic hydroxyl groups excluding tert-OH is 3. The molecule has 0 aromatic heterocycles. The fraction of sp³-hybridized carbons (Fsp3) is 0.452. The Hall–Kier alpha value is -5.35. The van der Waals surface area contributed by atoms with Crippen molar-refractivity contribution in [3.05, 3.63) is 95.6 Å². The van der Waals surface area contributed by atoms with Crippen LogP contribution in [0.25, 0.3) is 0 Å². The van der Waals surface area contributed by atoms with E-state index >= 15 is 0 Å². The highest BCUT2D eigenvalue weighted by atomic mass is 16.4. The third-order valence-corrected chi connectivity index (χ3v) is 10.3. The number of carboxylic acids is 1. The molecule has 57 heavy (non-hydrogen) atoms. The predicted octanol–water partition coefficient (Wildman–Crippen LogP) is 4.51. The molecule has 1 aliphatic carbocycles. The van der Waals surface area contributed by atoms with Gasteiger partial charge in [-0.15, -0.1) is 0 Å². The molecule has 3 aromatic carbocycles. The molecular formula is C42H56N6O9. The molecule has 1 saturated heterocycles. The van der Waals surface area contributed by atoms with Gasteiger partial charge in [0.1, 0.15) is 11.6 Å². The van der Waals surface area contributed by atoms with Crippen LogP contribution in [0, 0.1) is 12.8 Å². The summed E-state index contributed by atoms with van der Waals surface area (Å²) in [6, 6.07) is 20.6. The molecule has 2 aliphatic rings. The smallest absolute Gasteiger partial charge is 0.328 e. The van der Waals surface area contributed by atoms with Gasteiger partial charge in [-0.2, -0.15) is 0 Å². The number of imide groups is 1. The topological polar surface area (TPSA) is 235 Å². The average Bonchev–Trinajstić information content (AvgIpc) is 3.38. The van der Waals surface area contributed by atoms with Crippen molar-refractivity contribution in [2.45, 2.75) is 95.4 Å². The number of anilines is 2. The van der Waals surface area contributed by atoms with Crippen LogP contribution < -0.4 is 21.7 Å². The van der Waals surface area contributed by atoms with E-state index in [-0.39, 0.29) is 37.2 Å². The van der Waals surface area contributed by atoms with Crippen LogP contribution in [0.4, 0.5) is 21.0 Å². The predicted molar refractivity (Wildman–Crippen MR) is 215 cm³/mol. The fourth-order valence-corrected chi connectivity index (χ4v) is 7.03. The number of hydrogen-bond donors (Lipinski definition) is 8. The van der Waals surface area contributed by atoms with Gasteiger partial charge >= 0.3 is 18.0 Å². The molecular weight excluding hydrogens is 732 g/mol. The van der Waals surface area contributed by atoms with Crippen LogP contribution in [0.5, 0.6) is 0 Å². The van der Waals surface area contributed by atoms with E-state index in [1.54, 1.807) is 47.4 Å². The molecule has 2 fully saturated rings. The van der Waals surface area contributed by atoms with Crippen LogP contribution >= 0.6 is 0 Å². The number of hydrogen-bond acceptors (Lipinski definition) is 9. The molecule has 3 aromatic rings. The lowest BCUT2D eigenvalue weighted by Crippen LogP contribution is -2.53. The van der Waals surface area contributed by atoms with E-state index in [1.807, 2.05) is 57.2 Å². The monoisotopic (exact) mass is 788 g/mol. The third kappa shape index (κ3) is 11.4. The number of urea groups is 2. The standard InChI is InChI=1S/C38H45N5O6.C4H11NO3/c1-25(2)22-32(34(46)40-31(23-33(44)45)28-13-6-4-7-14-28)43-35(47)38(20-10-5-11-21-38)42(37(43)49)24-27-16-18-29(19-17-27)39-36(48)41-30-15-9-8-12-26(30)3;5-4(1-6,2-7)3-8/h4,6-9,12-19,25,31-32H,5,10-11,20-24H2,1-3H3,(H,40,46)(H,44,45)(H2,39,41,48);6-8H,1-3,5H2/t31-,32-;/m0./s1. The number of benzene rings is 3. The molecule has 2 atom stereocenters. The van der Waals surface area contributed by atoms with E-state index < -0.39 is 60.9 Å². The highest BCUT2D eigenvalue weighted by Crippen LogP contribution is 2.43. The summed E-state index contributed by atoms with van der Waals surface area (Å²) in [4.78, 5) is 69.9. The van der Waals surface area contributed by atoms with Crippen LogP contribution in [0.2, 0.25) is 0 Å². The van der Waals surface area contributed by atoms with Gasteiger partial charge in [-0.25, -0.2) is 14.5 Å². The molecule has 15 heteroatoms. The summed E-state index contributed by atoms with van der Waals surface area (Å²) in [5.74, 6) is -2.05. The maximum atomic E-state index is 14.4. The lowest BCUT2D eigenvalue weighted by molar-refractivity contribution is -0.142. The van der Waals surface area contributed by atoms with E-state index in [9.17, 15) is 29.1 Å². The number of rotatable bonds is 15. The number of nitrogens with two attached hydrogens (primary N) is 1. The van der Waals surface area contributed by atoms with Gasteiger partial charge in [0.15, 0.2) is 0 Å². The van der Waals surface area contributed by atoms with Crippen molar-refractivity contribution >= 4 is 41.2 Å². The number of carbonyl (C=O) groups excluding carboxylic acids is 4. The van der Waals surface area contributed by atoms with Crippen LogP contribution in [0.1, 0.15) is 81.5 Å². The highest BCUT2D eigenvalue weighted by molar-refractivity contribution is 6.10. The SMILES string of the molecule is Cc1ccccc1NC(=O)Nc1ccc(CN2C(=O)N([C@@H](CC(C)C)C(=O)N[C@@H](CC(=O)O)c3ccccc3)C(=O)C23CCCCC3)cc1.NC(CO)(CO)CO. The number of aliphatic hydroxyl groups is 3. The molecule has 1 aliphatic heterocycles. The number of carbonyl (C=O) groups is 5. The first-order chi connectivity index (χ1) is 27.2. The van der Waals surface area contributed by atoms with Gasteiger partial charge in [0.2, 0.25) is 5.91 Å². The summed E-state index contributed by atoms with van der Waals surface area (Å²) in [6.07, 6.45) is 3.37. The fourth-order valence-electron chi connectivity index (χ4n) is 7.03. The number of para-hydroxylation sites is 1.